The van der Waals surface area contributed by atoms with E-state index in [1.165, 1.54) is 61.4 Å². The molecule has 0 bridgehead atoms. The second-order valence-electron chi connectivity index (χ2n) is 5.24. The first kappa shape index (κ1) is 17.5. The zero-order chi connectivity index (χ0) is 18.7. The van der Waals surface area contributed by atoms with Crippen molar-refractivity contribution in [2.24, 2.45) is 0 Å². The molecule has 1 atom stereocenters. The van der Waals surface area contributed by atoms with Crippen molar-refractivity contribution in [1.29, 1.82) is 0 Å². The molecule has 3 aromatic heterocycles. The molecule has 7 nitrogen and oxygen atoms in total. The summed E-state index contributed by atoms with van der Waals surface area (Å²) in [5, 5.41) is 4.16. The summed E-state index contributed by atoms with van der Waals surface area (Å²) in [4.78, 5) is 19.1. The normalized spacial score (nSPS) is 11.8. The van der Waals surface area contributed by atoms with E-state index in [0.29, 0.717) is 11.3 Å². The highest BCUT2D eigenvalue weighted by atomic mass is 19.1. The van der Waals surface area contributed by atoms with Crippen LogP contribution in [0.2, 0.25) is 0 Å². The van der Waals surface area contributed by atoms with Crippen molar-refractivity contribution in [2.45, 2.75) is 13.0 Å². The van der Waals surface area contributed by atoms with Gasteiger partial charge in [-0.15, -0.1) is 5.10 Å². The standard InChI is InChI=1S/C17H14F2N4O3/c1-10(17(24)25-2)26-15-8-13(11-5-6-14(19)21-9-11)23(22-15)16-12(18)4-3-7-20-16/h3-10H,1-2H3/t10-/m1/s1. The third-order valence-corrected chi connectivity index (χ3v) is 3.48. The second-order valence-corrected chi connectivity index (χ2v) is 5.24. The lowest BCUT2D eigenvalue weighted by Gasteiger charge is -2.09. The first-order chi connectivity index (χ1) is 12.5. The zero-order valence-electron chi connectivity index (χ0n) is 13.9. The van der Waals surface area contributed by atoms with Crippen LogP contribution >= 0.6 is 0 Å². The van der Waals surface area contributed by atoms with Crippen molar-refractivity contribution in [2.75, 3.05) is 7.11 Å². The molecular weight excluding hydrogens is 346 g/mol. The van der Waals surface area contributed by atoms with Gasteiger partial charge in [0.1, 0.15) is 0 Å². The highest BCUT2D eigenvalue weighted by Gasteiger charge is 2.21. The summed E-state index contributed by atoms with van der Waals surface area (Å²) in [6.07, 6.45) is 1.76. The Hall–Kier alpha value is -3.36. The third-order valence-electron chi connectivity index (χ3n) is 3.48. The van der Waals surface area contributed by atoms with Crippen LogP contribution in [0, 0.1) is 11.8 Å². The van der Waals surface area contributed by atoms with Crippen LogP contribution in [0.5, 0.6) is 5.88 Å². The first-order valence-corrected chi connectivity index (χ1v) is 7.57. The molecule has 0 radical (unpaired) electrons. The molecule has 0 aromatic carbocycles. The number of aromatic nitrogens is 4. The minimum atomic E-state index is -0.920. The van der Waals surface area contributed by atoms with Gasteiger partial charge < -0.3 is 9.47 Å². The topological polar surface area (TPSA) is 79.1 Å². The van der Waals surface area contributed by atoms with Gasteiger partial charge in [0.25, 0.3) is 0 Å². The summed E-state index contributed by atoms with van der Waals surface area (Å²) in [5.74, 6) is -1.88. The summed E-state index contributed by atoms with van der Waals surface area (Å²) >= 11 is 0. The number of carbonyl (C=O) groups is 1. The van der Waals surface area contributed by atoms with E-state index in [2.05, 4.69) is 19.8 Å². The molecule has 26 heavy (non-hydrogen) atoms. The van der Waals surface area contributed by atoms with Crippen LogP contribution in [0.3, 0.4) is 0 Å². The number of halogens is 2. The highest BCUT2D eigenvalue weighted by Crippen LogP contribution is 2.27. The number of nitrogens with zero attached hydrogens (tertiary/aromatic N) is 4. The zero-order valence-corrected chi connectivity index (χ0v) is 13.9. The smallest absolute Gasteiger partial charge is 0.346 e. The van der Waals surface area contributed by atoms with Crippen LogP contribution in [0.15, 0.2) is 42.7 Å². The first-order valence-electron chi connectivity index (χ1n) is 7.57. The monoisotopic (exact) mass is 360 g/mol. The van der Waals surface area contributed by atoms with Crippen LogP contribution < -0.4 is 4.74 Å². The summed E-state index contributed by atoms with van der Waals surface area (Å²) in [7, 11) is 1.24. The van der Waals surface area contributed by atoms with E-state index < -0.39 is 23.8 Å². The Morgan fingerprint density at radius 1 is 1.23 bits per heavy atom. The maximum atomic E-state index is 14.2. The summed E-state index contributed by atoms with van der Waals surface area (Å²) < 4.78 is 38.5. The molecule has 0 aliphatic rings. The fourth-order valence-corrected chi connectivity index (χ4v) is 2.24. The Bertz CT molecular complexity index is 928. The second kappa shape index (κ2) is 7.26. The Kier molecular flexibility index (Phi) is 4.87. The number of hydrogen-bond donors (Lipinski definition) is 0. The van der Waals surface area contributed by atoms with Crippen LogP contribution in [-0.4, -0.2) is 38.9 Å². The predicted molar refractivity (Wildman–Crippen MR) is 86.6 cm³/mol. The van der Waals surface area contributed by atoms with Gasteiger partial charge in [0.15, 0.2) is 17.7 Å². The Morgan fingerprint density at radius 3 is 2.69 bits per heavy atom. The number of methoxy groups -OCH3 is 1. The van der Waals surface area contributed by atoms with Gasteiger partial charge in [-0.1, -0.05) is 0 Å². The molecule has 0 aliphatic carbocycles. The Labute approximate surface area is 147 Å². The molecule has 3 aromatic rings. The van der Waals surface area contributed by atoms with Gasteiger partial charge in [-0.2, -0.15) is 4.39 Å². The van der Waals surface area contributed by atoms with E-state index in [1.54, 1.807) is 0 Å². The highest BCUT2D eigenvalue weighted by molar-refractivity contribution is 5.74. The molecule has 3 rings (SSSR count). The van der Waals surface area contributed by atoms with Crippen molar-refractivity contribution in [3.05, 3.63) is 54.5 Å². The third kappa shape index (κ3) is 3.51. The molecule has 134 valence electrons. The van der Waals surface area contributed by atoms with E-state index in [9.17, 15) is 13.6 Å². The van der Waals surface area contributed by atoms with E-state index in [0.717, 1.165) is 0 Å². The lowest BCUT2D eigenvalue weighted by molar-refractivity contribution is -0.148. The molecular formula is C17H14F2N4O3. The van der Waals surface area contributed by atoms with E-state index >= 15 is 0 Å². The predicted octanol–water partition coefficient (Wildman–Crippen LogP) is 2.55. The summed E-state index contributed by atoms with van der Waals surface area (Å²) in [6, 6.07) is 6.78. The van der Waals surface area contributed by atoms with E-state index in [4.69, 9.17) is 4.74 Å². The van der Waals surface area contributed by atoms with Gasteiger partial charge in [-0.05, 0) is 31.2 Å². The number of esters is 1. The largest absolute Gasteiger partial charge is 0.466 e. The molecule has 0 saturated heterocycles. The van der Waals surface area contributed by atoms with Crippen molar-refractivity contribution >= 4 is 5.97 Å². The van der Waals surface area contributed by atoms with Crippen molar-refractivity contribution in [3.63, 3.8) is 0 Å². The molecule has 0 fully saturated rings. The maximum absolute atomic E-state index is 14.2. The lowest BCUT2D eigenvalue weighted by atomic mass is 10.2. The molecule has 0 aliphatic heterocycles. The number of hydrogen-bond acceptors (Lipinski definition) is 6. The number of pyridine rings is 2. The van der Waals surface area contributed by atoms with Crippen LogP contribution in [0.25, 0.3) is 17.1 Å². The van der Waals surface area contributed by atoms with Gasteiger partial charge in [-0.25, -0.2) is 23.8 Å². The average Bonchev–Trinajstić information content (AvgIpc) is 3.05. The molecule has 0 unspecified atom stereocenters. The van der Waals surface area contributed by atoms with Gasteiger partial charge in [0.05, 0.1) is 12.8 Å². The molecule has 3 heterocycles. The van der Waals surface area contributed by atoms with Crippen LogP contribution in [-0.2, 0) is 9.53 Å². The molecule has 0 amide bonds. The molecule has 0 spiro atoms. The van der Waals surface area contributed by atoms with Gasteiger partial charge in [-0.3, -0.25) is 0 Å². The fourth-order valence-electron chi connectivity index (χ4n) is 2.24. The quantitative estimate of drug-likeness (QED) is 0.514. The summed E-state index contributed by atoms with van der Waals surface area (Å²) in [6.45, 7) is 1.49. The number of rotatable bonds is 5. The number of carbonyl (C=O) groups excluding carboxylic acids is 1. The average molecular weight is 360 g/mol. The minimum absolute atomic E-state index is 0.0484. The van der Waals surface area contributed by atoms with Crippen molar-refractivity contribution < 1.29 is 23.0 Å². The maximum Gasteiger partial charge on any atom is 0.346 e. The van der Waals surface area contributed by atoms with E-state index in [-0.39, 0.29) is 11.7 Å². The molecule has 0 saturated carbocycles. The SMILES string of the molecule is COC(=O)[C@@H](C)Oc1cc(-c2ccc(F)nc2)n(-c2ncccc2F)n1. The van der Waals surface area contributed by atoms with Crippen LogP contribution in [0.4, 0.5) is 8.78 Å². The van der Waals surface area contributed by atoms with Gasteiger partial charge in [0.2, 0.25) is 11.8 Å². The lowest BCUT2D eigenvalue weighted by Crippen LogP contribution is -2.25. The minimum Gasteiger partial charge on any atom is -0.466 e. The van der Waals surface area contributed by atoms with Crippen LogP contribution in [0.1, 0.15) is 6.92 Å². The Balaban J connectivity index is 2.07. The number of ether oxygens (including phenoxy) is 2. The molecule has 0 N–H and O–H groups in total. The Morgan fingerprint density at radius 2 is 2.04 bits per heavy atom. The summed E-state index contributed by atoms with van der Waals surface area (Å²) in [5.41, 5.74) is 0.826. The van der Waals surface area contributed by atoms with Gasteiger partial charge in [0, 0.05) is 24.0 Å². The van der Waals surface area contributed by atoms with Crippen molar-refractivity contribution in [3.8, 4) is 23.0 Å². The fraction of sp³-hybridized carbons (Fsp3) is 0.176. The van der Waals surface area contributed by atoms with E-state index in [1.807, 2.05) is 0 Å². The molecule has 9 heteroatoms. The van der Waals surface area contributed by atoms with Crippen molar-refractivity contribution in [1.82, 2.24) is 19.7 Å². The van der Waals surface area contributed by atoms with Gasteiger partial charge >= 0.3 is 5.97 Å².